The average molecular weight is 381 g/mol. The van der Waals surface area contributed by atoms with Crippen LogP contribution in [0.5, 0.6) is 5.75 Å². The molecule has 148 valence electrons. The van der Waals surface area contributed by atoms with Crippen molar-refractivity contribution in [1.29, 1.82) is 0 Å². The average Bonchev–Trinajstić information content (AvgIpc) is 3.09. The molecule has 1 saturated heterocycles. The molecule has 0 aliphatic carbocycles. The van der Waals surface area contributed by atoms with Crippen LogP contribution in [0, 0.1) is 6.92 Å². The van der Waals surface area contributed by atoms with Crippen LogP contribution >= 0.6 is 0 Å². The van der Waals surface area contributed by atoms with Crippen LogP contribution in [0.1, 0.15) is 5.56 Å². The second-order valence-electron chi connectivity index (χ2n) is 7.14. The largest absolute Gasteiger partial charge is 0.494 e. The van der Waals surface area contributed by atoms with Gasteiger partial charge >= 0.3 is 0 Å². The van der Waals surface area contributed by atoms with Gasteiger partial charge in [0, 0.05) is 51.2 Å². The second-order valence-corrected chi connectivity index (χ2v) is 7.14. The normalized spacial score (nSPS) is 15.1. The quantitative estimate of drug-likeness (QED) is 0.627. The molecule has 2 aromatic heterocycles. The first-order chi connectivity index (χ1) is 13.6. The SMILES string of the molecule is CNc1nc(Nc2ccc(N3CCN(C)CC3)cc2OC)nc2c(C)c[nH]c12. The highest BCUT2D eigenvalue weighted by Crippen LogP contribution is 2.33. The number of aryl methyl sites for hydroxylation is 1. The molecular weight excluding hydrogens is 354 g/mol. The number of aromatic amines is 1. The van der Waals surface area contributed by atoms with Crippen molar-refractivity contribution in [2.45, 2.75) is 6.92 Å². The Morgan fingerprint density at radius 2 is 1.93 bits per heavy atom. The van der Waals surface area contributed by atoms with Gasteiger partial charge in [-0.25, -0.2) is 4.98 Å². The molecule has 3 N–H and O–H groups in total. The molecule has 0 amide bonds. The van der Waals surface area contributed by atoms with Gasteiger partial charge in [0.1, 0.15) is 11.3 Å². The lowest BCUT2D eigenvalue weighted by molar-refractivity contribution is 0.312. The standard InChI is InChI=1S/C20H27N7O/c1-13-12-22-18-17(13)24-20(25-19(18)21-2)23-15-6-5-14(11-16(15)28-4)27-9-7-26(3)8-10-27/h5-6,11-12,22H,7-10H2,1-4H3,(H2,21,23,24,25). The predicted octanol–water partition coefficient (Wildman–Crippen LogP) is 2.81. The number of methoxy groups -OCH3 is 1. The molecule has 0 unspecified atom stereocenters. The zero-order chi connectivity index (χ0) is 19.7. The van der Waals surface area contributed by atoms with Gasteiger partial charge in [0.05, 0.1) is 18.3 Å². The highest BCUT2D eigenvalue weighted by atomic mass is 16.5. The summed E-state index contributed by atoms with van der Waals surface area (Å²) in [4.78, 5) is 17.2. The van der Waals surface area contributed by atoms with Gasteiger partial charge in [0.2, 0.25) is 5.95 Å². The highest BCUT2D eigenvalue weighted by molar-refractivity contribution is 5.89. The van der Waals surface area contributed by atoms with Crippen LogP contribution in [0.15, 0.2) is 24.4 Å². The van der Waals surface area contributed by atoms with E-state index in [4.69, 9.17) is 4.74 Å². The Kier molecular flexibility index (Phi) is 4.95. The van der Waals surface area contributed by atoms with Crippen molar-refractivity contribution in [3.05, 3.63) is 30.0 Å². The van der Waals surface area contributed by atoms with Crippen molar-refractivity contribution in [3.63, 3.8) is 0 Å². The molecule has 1 aliphatic rings. The lowest BCUT2D eigenvalue weighted by Crippen LogP contribution is -2.44. The molecule has 1 aromatic carbocycles. The van der Waals surface area contributed by atoms with E-state index in [2.05, 4.69) is 54.6 Å². The van der Waals surface area contributed by atoms with E-state index in [1.54, 1.807) is 7.11 Å². The molecule has 1 fully saturated rings. The first-order valence-corrected chi connectivity index (χ1v) is 9.51. The second kappa shape index (κ2) is 7.55. The van der Waals surface area contributed by atoms with Crippen molar-refractivity contribution in [2.75, 3.05) is 62.9 Å². The van der Waals surface area contributed by atoms with Gasteiger partial charge in [-0.2, -0.15) is 4.98 Å². The fraction of sp³-hybridized carbons (Fsp3) is 0.400. The summed E-state index contributed by atoms with van der Waals surface area (Å²) in [5, 5.41) is 6.45. The maximum absolute atomic E-state index is 5.65. The monoisotopic (exact) mass is 381 g/mol. The summed E-state index contributed by atoms with van der Waals surface area (Å²) in [5.41, 5.74) is 4.89. The third-order valence-electron chi connectivity index (χ3n) is 5.25. The minimum Gasteiger partial charge on any atom is -0.494 e. The number of rotatable bonds is 5. The molecule has 3 aromatic rings. The van der Waals surface area contributed by atoms with Gasteiger partial charge < -0.3 is 30.2 Å². The molecule has 4 rings (SSSR count). The minimum atomic E-state index is 0.533. The van der Waals surface area contributed by atoms with Crippen molar-refractivity contribution < 1.29 is 4.74 Å². The van der Waals surface area contributed by atoms with Crippen molar-refractivity contribution in [2.24, 2.45) is 0 Å². The number of hydrogen-bond acceptors (Lipinski definition) is 7. The van der Waals surface area contributed by atoms with E-state index in [9.17, 15) is 0 Å². The summed E-state index contributed by atoms with van der Waals surface area (Å²) < 4.78 is 5.65. The van der Waals surface area contributed by atoms with Gasteiger partial charge in [-0.3, -0.25) is 0 Å². The highest BCUT2D eigenvalue weighted by Gasteiger charge is 2.17. The third kappa shape index (κ3) is 3.43. The van der Waals surface area contributed by atoms with E-state index in [1.165, 1.54) is 5.69 Å². The van der Waals surface area contributed by atoms with Crippen molar-refractivity contribution in [3.8, 4) is 5.75 Å². The lowest BCUT2D eigenvalue weighted by Gasteiger charge is -2.34. The summed E-state index contributed by atoms with van der Waals surface area (Å²) >= 11 is 0. The molecular formula is C20H27N7O. The Balaban J connectivity index is 1.62. The summed E-state index contributed by atoms with van der Waals surface area (Å²) in [6, 6.07) is 6.23. The fourth-order valence-electron chi connectivity index (χ4n) is 3.53. The predicted molar refractivity (Wildman–Crippen MR) is 114 cm³/mol. The van der Waals surface area contributed by atoms with Crippen LogP contribution in [0.3, 0.4) is 0 Å². The van der Waals surface area contributed by atoms with Gasteiger partial charge in [0.25, 0.3) is 0 Å². The zero-order valence-electron chi connectivity index (χ0n) is 16.8. The Morgan fingerprint density at radius 3 is 2.64 bits per heavy atom. The number of anilines is 4. The van der Waals surface area contributed by atoms with Crippen LogP contribution in [-0.2, 0) is 0 Å². The third-order valence-corrected chi connectivity index (χ3v) is 5.25. The number of fused-ring (bicyclic) bond motifs is 1. The van der Waals surface area contributed by atoms with Gasteiger partial charge in [-0.1, -0.05) is 0 Å². The molecule has 0 spiro atoms. The maximum atomic E-state index is 5.65. The number of ether oxygens (including phenoxy) is 1. The maximum Gasteiger partial charge on any atom is 0.229 e. The van der Waals surface area contributed by atoms with Gasteiger partial charge in [0.15, 0.2) is 5.82 Å². The fourth-order valence-corrected chi connectivity index (χ4v) is 3.53. The number of piperazine rings is 1. The molecule has 3 heterocycles. The summed E-state index contributed by atoms with van der Waals surface area (Å²) in [6.45, 7) is 6.20. The molecule has 8 heteroatoms. The van der Waals surface area contributed by atoms with Crippen LogP contribution in [0.25, 0.3) is 11.0 Å². The van der Waals surface area contributed by atoms with Gasteiger partial charge in [-0.15, -0.1) is 0 Å². The summed E-state index contributed by atoms with van der Waals surface area (Å²) in [6.07, 6.45) is 1.94. The number of nitrogens with zero attached hydrogens (tertiary/aromatic N) is 4. The van der Waals surface area contributed by atoms with Gasteiger partial charge in [-0.05, 0) is 31.7 Å². The summed E-state index contributed by atoms with van der Waals surface area (Å²) in [7, 11) is 5.70. The Labute approximate surface area is 164 Å². The zero-order valence-corrected chi connectivity index (χ0v) is 16.8. The molecule has 0 bridgehead atoms. The van der Waals surface area contributed by atoms with Crippen molar-refractivity contribution in [1.82, 2.24) is 19.9 Å². The molecule has 0 radical (unpaired) electrons. The Morgan fingerprint density at radius 1 is 1.14 bits per heavy atom. The Hall–Kier alpha value is -3.00. The number of likely N-dealkylation sites (N-methyl/N-ethyl adjacent to an activating group) is 1. The molecule has 28 heavy (non-hydrogen) atoms. The van der Waals surface area contributed by atoms with E-state index in [0.717, 1.165) is 60.0 Å². The Bertz CT molecular complexity index is 976. The van der Waals surface area contributed by atoms with E-state index >= 15 is 0 Å². The molecule has 0 saturated carbocycles. The molecule has 0 atom stereocenters. The number of benzene rings is 1. The van der Waals surface area contributed by atoms with Crippen molar-refractivity contribution >= 4 is 34.2 Å². The number of hydrogen-bond donors (Lipinski definition) is 3. The van der Waals surface area contributed by atoms with Crippen LogP contribution < -0.4 is 20.3 Å². The molecule has 1 aliphatic heterocycles. The summed E-state index contributed by atoms with van der Waals surface area (Å²) in [5.74, 6) is 2.07. The first kappa shape index (κ1) is 18.4. The van der Waals surface area contributed by atoms with E-state index in [-0.39, 0.29) is 0 Å². The lowest BCUT2D eigenvalue weighted by atomic mass is 10.2. The van der Waals surface area contributed by atoms with Crippen LogP contribution in [-0.4, -0.2) is 67.2 Å². The first-order valence-electron chi connectivity index (χ1n) is 9.51. The van der Waals surface area contributed by atoms with Crippen LogP contribution in [0.4, 0.5) is 23.1 Å². The molecule has 8 nitrogen and oxygen atoms in total. The number of H-pyrrole nitrogens is 1. The smallest absolute Gasteiger partial charge is 0.229 e. The minimum absolute atomic E-state index is 0.533. The number of aromatic nitrogens is 3. The van der Waals surface area contributed by atoms with E-state index < -0.39 is 0 Å². The van der Waals surface area contributed by atoms with E-state index in [0.29, 0.717) is 5.95 Å². The topological polar surface area (TPSA) is 81.3 Å². The number of nitrogens with one attached hydrogen (secondary N) is 3. The van der Waals surface area contributed by atoms with E-state index in [1.807, 2.05) is 26.2 Å². The van der Waals surface area contributed by atoms with Crippen LogP contribution in [0.2, 0.25) is 0 Å².